The summed E-state index contributed by atoms with van der Waals surface area (Å²) in [6.07, 6.45) is -2.13. The molecule has 0 bridgehead atoms. The Bertz CT molecular complexity index is 169. The lowest BCUT2D eigenvalue weighted by Crippen LogP contribution is -2.40. The Kier molecular flexibility index (Phi) is 4.71. The van der Waals surface area contributed by atoms with E-state index in [9.17, 15) is 13.9 Å². The second-order valence-electron chi connectivity index (χ2n) is 3.80. The maximum Gasteiger partial charge on any atom is 0.251 e. The van der Waals surface area contributed by atoms with Gasteiger partial charge in [-0.2, -0.15) is 0 Å². The zero-order valence-corrected chi connectivity index (χ0v) is 8.33. The zero-order chi connectivity index (χ0) is 10.6. The average Bonchev–Trinajstić information content (AvgIpc) is 2.07. The molecule has 0 aromatic rings. The first kappa shape index (κ1) is 11.8. The maximum absolute atomic E-state index is 12.0. The molecule has 2 atom stereocenters. The van der Waals surface area contributed by atoms with Gasteiger partial charge >= 0.3 is 0 Å². The molecule has 0 spiro atoms. The van der Waals surface area contributed by atoms with E-state index in [1.54, 1.807) is 7.05 Å². The van der Waals surface area contributed by atoms with Gasteiger partial charge in [-0.05, 0) is 13.5 Å². The van der Waals surface area contributed by atoms with Gasteiger partial charge in [0, 0.05) is 19.1 Å². The number of aliphatic hydroxyl groups is 1. The molecule has 2 unspecified atom stereocenters. The molecular formula is C9H17F2NO2. The van der Waals surface area contributed by atoms with Crippen LogP contribution in [0.15, 0.2) is 0 Å². The highest BCUT2D eigenvalue weighted by molar-refractivity contribution is 4.75. The van der Waals surface area contributed by atoms with E-state index < -0.39 is 12.5 Å². The van der Waals surface area contributed by atoms with Gasteiger partial charge in [0.05, 0.1) is 19.3 Å². The van der Waals surface area contributed by atoms with Gasteiger partial charge in [-0.3, -0.25) is 0 Å². The SMILES string of the molecule is CN(CC(F)F)CC1COCCC1O. The van der Waals surface area contributed by atoms with Crippen LogP contribution in [-0.4, -0.2) is 55.9 Å². The predicted octanol–water partition coefficient (Wildman–Crippen LogP) is 0.581. The molecule has 3 nitrogen and oxygen atoms in total. The van der Waals surface area contributed by atoms with Crippen molar-refractivity contribution in [1.82, 2.24) is 4.90 Å². The van der Waals surface area contributed by atoms with Crippen LogP contribution in [0.1, 0.15) is 6.42 Å². The summed E-state index contributed by atoms with van der Waals surface area (Å²) < 4.78 is 29.2. The van der Waals surface area contributed by atoms with Crippen molar-refractivity contribution in [1.29, 1.82) is 0 Å². The highest BCUT2D eigenvalue weighted by Crippen LogP contribution is 2.15. The Morgan fingerprint density at radius 2 is 2.29 bits per heavy atom. The quantitative estimate of drug-likeness (QED) is 0.735. The van der Waals surface area contributed by atoms with Gasteiger partial charge in [0.1, 0.15) is 0 Å². The van der Waals surface area contributed by atoms with Crippen molar-refractivity contribution >= 4 is 0 Å². The summed E-state index contributed by atoms with van der Waals surface area (Å²) in [4.78, 5) is 1.53. The van der Waals surface area contributed by atoms with E-state index in [0.29, 0.717) is 26.2 Å². The zero-order valence-electron chi connectivity index (χ0n) is 8.33. The fourth-order valence-electron chi connectivity index (χ4n) is 1.67. The minimum absolute atomic E-state index is 0.0347. The molecule has 0 aliphatic carbocycles. The number of hydrogen-bond acceptors (Lipinski definition) is 3. The van der Waals surface area contributed by atoms with Crippen molar-refractivity contribution in [3.63, 3.8) is 0 Å². The van der Waals surface area contributed by atoms with Gasteiger partial charge in [0.2, 0.25) is 0 Å². The highest BCUT2D eigenvalue weighted by atomic mass is 19.3. The van der Waals surface area contributed by atoms with Crippen LogP contribution in [0.3, 0.4) is 0 Å². The first-order valence-electron chi connectivity index (χ1n) is 4.82. The molecule has 0 saturated carbocycles. The van der Waals surface area contributed by atoms with E-state index in [2.05, 4.69) is 0 Å². The van der Waals surface area contributed by atoms with E-state index in [1.807, 2.05) is 0 Å². The highest BCUT2D eigenvalue weighted by Gasteiger charge is 2.25. The van der Waals surface area contributed by atoms with E-state index >= 15 is 0 Å². The van der Waals surface area contributed by atoms with Gasteiger partial charge in [0.25, 0.3) is 6.43 Å². The Morgan fingerprint density at radius 1 is 1.57 bits per heavy atom. The van der Waals surface area contributed by atoms with E-state index in [4.69, 9.17) is 4.74 Å². The Hall–Kier alpha value is -0.260. The van der Waals surface area contributed by atoms with Crippen molar-refractivity contribution in [2.24, 2.45) is 5.92 Å². The van der Waals surface area contributed by atoms with E-state index in [0.717, 1.165) is 0 Å². The summed E-state index contributed by atoms with van der Waals surface area (Å²) in [6, 6.07) is 0. The number of halogens is 2. The minimum Gasteiger partial charge on any atom is -0.393 e. The molecule has 0 aromatic carbocycles. The van der Waals surface area contributed by atoms with Crippen LogP contribution in [0.5, 0.6) is 0 Å². The molecule has 1 fully saturated rings. The lowest BCUT2D eigenvalue weighted by Gasteiger charge is -2.30. The molecule has 0 radical (unpaired) electrons. The third-order valence-corrected chi connectivity index (χ3v) is 2.43. The van der Waals surface area contributed by atoms with E-state index in [1.165, 1.54) is 4.90 Å². The van der Waals surface area contributed by atoms with Crippen molar-refractivity contribution in [2.45, 2.75) is 19.0 Å². The fourth-order valence-corrected chi connectivity index (χ4v) is 1.67. The van der Waals surface area contributed by atoms with Crippen LogP contribution in [0.25, 0.3) is 0 Å². The molecule has 0 aromatic heterocycles. The van der Waals surface area contributed by atoms with Crippen LogP contribution in [0.4, 0.5) is 8.78 Å². The number of hydrogen-bond donors (Lipinski definition) is 1. The topological polar surface area (TPSA) is 32.7 Å². The van der Waals surface area contributed by atoms with Crippen LogP contribution < -0.4 is 0 Å². The lowest BCUT2D eigenvalue weighted by molar-refractivity contribution is -0.0481. The third kappa shape index (κ3) is 3.86. The lowest BCUT2D eigenvalue weighted by atomic mass is 9.98. The molecule has 1 N–H and O–H groups in total. The van der Waals surface area contributed by atoms with Crippen LogP contribution >= 0.6 is 0 Å². The largest absolute Gasteiger partial charge is 0.393 e. The molecule has 84 valence electrons. The van der Waals surface area contributed by atoms with Crippen molar-refractivity contribution < 1.29 is 18.6 Å². The number of nitrogens with zero attached hydrogens (tertiary/aromatic N) is 1. The first-order chi connectivity index (χ1) is 6.59. The predicted molar refractivity (Wildman–Crippen MR) is 48.4 cm³/mol. The van der Waals surface area contributed by atoms with Crippen LogP contribution in [0.2, 0.25) is 0 Å². The van der Waals surface area contributed by atoms with Gasteiger partial charge in [-0.1, -0.05) is 0 Å². The van der Waals surface area contributed by atoms with Crippen LogP contribution in [0, 0.1) is 5.92 Å². The summed E-state index contributed by atoms with van der Waals surface area (Å²) >= 11 is 0. The number of ether oxygens (including phenoxy) is 1. The van der Waals surface area contributed by atoms with Gasteiger partial charge in [-0.25, -0.2) is 8.78 Å². The Morgan fingerprint density at radius 3 is 2.86 bits per heavy atom. The summed E-state index contributed by atoms with van der Waals surface area (Å²) in [6.45, 7) is 1.25. The smallest absolute Gasteiger partial charge is 0.251 e. The first-order valence-corrected chi connectivity index (χ1v) is 4.82. The van der Waals surface area contributed by atoms with Gasteiger partial charge < -0.3 is 14.7 Å². The molecule has 1 saturated heterocycles. The normalized spacial score (nSPS) is 28.7. The average molecular weight is 209 g/mol. The van der Waals surface area contributed by atoms with Gasteiger partial charge in [0.15, 0.2) is 0 Å². The third-order valence-electron chi connectivity index (χ3n) is 2.43. The summed E-state index contributed by atoms with van der Waals surface area (Å²) in [5.41, 5.74) is 0. The van der Waals surface area contributed by atoms with Crippen molar-refractivity contribution in [2.75, 3.05) is 33.4 Å². The summed E-state index contributed by atoms with van der Waals surface area (Å²) in [7, 11) is 1.63. The number of rotatable bonds is 4. The summed E-state index contributed by atoms with van der Waals surface area (Å²) in [5.74, 6) is -0.0347. The molecule has 1 rings (SSSR count). The van der Waals surface area contributed by atoms with E-state index in [-0.39, 0.29) is 12.5 Å². The summed E-state index contributed by atoms with van der Waals surface area (Å²) in [5, 5.41) is 9.56. The fraction of sp³-hybridized carbons (Fsp3) is 1.00. The Balaban J connectivity index is 2.27. The molecule has 1 aliphatic heterocycles. The molecule has 1 aliphatic rings. The standard InChI is InChI=1S/C9H17F2NO2/c1-12(5-9(10)11)4-7-6-14-3-2-8(7)13/h7-9,13H,2-6H2,1H3. The molecule has 1 heterocycles. The Labute approximate surface area is 82.7 Å². The van der Waals surface area contributed by atoms with Crippen molar-refractivity contribution in [3.8, 4) is 0 Å². The monoisotopic (exact) mass is 209 g/mol. The van der Waals surface area contributed by atoms with Crippen LogP contribution in [-0.2, 0) is 4.74 Å². The van der Waals surface area contributed by atoms with Crippen molar-refractivity contribution in [3.05, 3.63) is 0 Å². The van der Waals surface area contributed by atoms with Gasteiger partial charge in [-0.15, -0.1) is 0 Å². The molecular weight excluding hydrogens is 192 g/mol. The second kappa shape index (κ2) is 5.58. The second-order valence-corrected chi connectivity index (χ2v) is 3.80. The molecule has 14 heavy (non-hydrogen) atoms. The molecule has 5 heteroatoms. The minimum atomic E-state index is -2.32. The maximum atomic E-state index is 12.0. The number of aliphatic hydroxyl groups excluding tert-OH is 1. The molecule has 0 amide bonds. The number of alkyl halides is 2.